The molecule has 1 saturated heterocycles. The summed E-state index contributed by atoms with van der Waals surface area (Å²) in [4.78, 5) is 6.73. The number of nitrogens with one attached hydrogen (secondary N) is 1. The number of aryl methyl sites for hydroxylation is 3. The Kier molecular flexibility index (Phi) is 8.09. The van der Waals surface area contributed by atoms with Crippen molar-refractivity contribution in [1.82, 2.24) is 20.0 Å². The second kappa shape index (κ2) is 10.1. The average Bonchev–Trinajstić information content (AvgIpc) is 3.07. The molecule has 3 rings (SSSR count). The van der Waals surface area contributed by atoms with Crippen molar-refractivity contribution in [2.24, 2.45) is 12.0 Å². The highest BCUT2D eigenvalue weighted by atomic mass is 127. The van der Waals surface area contributed by atoms with Crippen LogP contribution in [0.3, 0.4) is 0 Å². The predicted molar refractivity (Wildman–Crippen MR) is 120 cm³/mol. The number of morpholine rings is 1. The highest BCUT2D eigenvalue weighted by Gasteiger charge is 2.25. The van der Waals surface area contributed by atoms with Gasteiger partial charge in [0.25, 0.3) is 0 Å². The average molecular weight is 483 g/mol. The van der Waals surface area contributed by atoms with E-state index in [4.69, 9.17) is 4.74 Å². The minimum atomic E-state index is 0. The van der Waals surface area contributed by atoms with Crippen LogP contribution in [-0.4, -0.2) is 53.9 Å². The third-order valence-electron chi connectivity index (χ3n) is 4.85. The van der Waals surface area contributed by atoms with Crippen molar-refractivity contribution in [2.75, 3.05) is 33.3 Å². The highest BCUT2D eigenvalue weighted by Crippen LogP contribution is 2.21. The van der Waals surface area contributed by atoms with Gasteiger partial charge in [-0.05, 0) is 31.4 Å². The van der Waals surface area contributed by atoms with Crippen LogP contribution in [0.1, 0.15) is 28.4 Å². The standard InChI is InChI=1S/C20H29N5O.HI/c1-15-5-6-17(16(2)11-15)7-8-22-20(21-3)25-9-10-26-19(14-25)18-12-23-24(4)13-18;/h5-6,11-13,19H,7-10,14H2,1-4H3,(H,21,22);1H. The normalized spacial score (nSPS) is 17.6. The minimum absolute atomic E-state index is 0. The second-order valence-electron chi connectivity index (χ2n) is 6.91. The molecule has 0 spiro atoms. The van der Waals surface area contributed by atoms with Crippen molar-refractivity contribution in [3.05, 3.63) is 52.8 Å². The van der Waals surface area contributed by atoms with E-state index in [-0.39, 0.29) is 30.1 Å². The predicted octanol–water partition coefficient (Wildman–Crippen LogP) is 2.85. The van der Waals surface area contributed by atoms with E-state index in [9.17, 15) is 0 Å². The van der Waals surface area contributed by atoms with Gasteiger partial charge in [0.2, 0.25) is 0 Å². The lowest BCUT2D eigenvalue weighted by atomic mass is 10.0. The van der Waals surface area contributed by atoms with Crippen molar-refractivity contribution < 1.29 is 4.74 Å². The van der Waals surface area contributed by atoms with Gasteiger partial charge in [-0.25, -0.2) is 0 Å². The minimum Gasteiger partial charge on any atom is -0.370 e. The van der Waals surface area contributed by atoms with Crippen molar-refractivity contribution in [3.8, 4) is 0 Å². The van der Waals surface area contributed by atoms with E-state index >= 15 is 0 Å². The van der Waals surface area contributed by atoms with Crippen LogP contribution in [0.15, 0.2) is 35.6 Å². The molecule has 1 unspecified atom stereocenters. The van der Waals surface area contributed by atoms with Gasteiger partial charge in [-0.15, -0.1) is 24.0 Å². The SMILES string of the molecule is CN=C(NCCc1ccc(C)cc1C)N1CCOC(c2cnn(C)c2)C1.I. The lowest BCUT2D eigenvalue weighted by Gasteiger charge is -2.34. The van der Waals surface area contributed by atoms with Crippen molar-refractivity contribution in [3.63, 3.8) is 0 Å². The largest absolute Gasteiger partial charge is 0.370 e. The molecule has 148 valence electrons. The Bertz CT molecular complexity index is 773. The first-order chi connectivity index (χ1) is 12.6. The van der Waals surface area contributed by atoms with Gasteiger partial charge in [0, 0.05) is 38.9 Å². The molecule has 6 nitrogen and oxygen atoms in total. The molecule has 2 aromatic rings. The monoisotopic (exact) mass is 483 g/mol. The van der Waals surface area contributed by atoms with Crippen molar-refractivity contribution >= 4 is 29.9 Å². The molecule has 27 heavy (non-hydrogen) atoms. The lowest BCUT2D eigenvalue weighted by molar-refractivity contribution is -0.00800. The first-order valence-corrected chi connectivity index (χ1v) is 9.18. The van der Waals surface area contributed by atoms with Gasteiger partial charge in [0.1, 0.15) is 6.10 Å². The summed E-state index contributed by atoms with van der Waals surface area (Å²) in [6.45, 7) is 7.50. The zero-order valence-electron chi connectivity index (χ0n) is 16.6. The Labute approximate surface area is 179 Å². The number of hydrogen-bond donors (Lipinski definition) is 1. The fourth-order valence-corrected chi connectivity index (χ4v) is 3.42. The van der Waals surface area contributed by atoms with Gasteiger partial charge in [0.15, 0.2) is 5.96 Å². The fourth-order valence-electron chi connectivity index (χ4n) is 3.42. The summed E-state index contributed by atoms with van der Waals surface area (Å²) in [6, 6.07) is 6.64. The fraction of sp³-hybridized carbons (Fsp3) is 0.500. The van der Waals surface area contributed by atoms with Crippen molar-refractivity contribution in [1.29, 1.82) is 0 Å². The third kappa shape index (κ3) is 5.68. The number of halogens is 1. The molecular formula is C20H30IN5O. The van der Waals surface area contributed by atoms with Crippen LogP contribution in [0.25, 0.3) is 0 Å². The first kappa shape index (κ1) is 21.7. The van der Waals surface area contributed by atoms with Gasteiger partial charge in [-0.3, -0.25) is 9.67 Å². The maximum Gasteiger partial charge on any atom is 0.193 e. The quantitative estimate of drug-likeness (QED) is 0.413. The first-order valence-electron chi connectivity index (χ1n) is 9.18. The molecule has 0 bridgehead atoms. The Hall–Kier alpha value is -1.61. The summed E-state index contributed by atoms with van der Waals surface area (Å²) >= 11 is 0. The molecule has 1 atom stereocenters. The maximum atomic E-state index is 5.93. The molecular weight excluding hydrogens is 453 g/mol. The summed E-state index contributed by atoms with van der Waals surface area (Å²) in [7, 11) is 3.77. The van der Waals surface area contributed by atoms with Crippen LogP contribution in [0.4, 0.5) is 0 Å². The molecule has 0 amide bonds. The Morgan fingerprint density at radius 3 is 2.85 bits per heavy atom. The van der Waals surface area contributed by atoms with Gasteiger partial charge in [-0.2, -0.15) is 5.10 Å². The van der Waals surface area contributed by atoms with Gasteiger partial charge < -0.3 is 15.0 Å². The van der Waals surface area contributed by atoms with E-state index in [2.05, 4.69) is 52.4 Å². The second-order valence-corrected chi connectivity index (χ2v) is 6.91. The molecule has 1 fully saturated rings. The lowest BCUT2D eigenvalue weighted by Crippen LogP contribution is -2.48. The number of ether oxygens (including phenoxy) is 1. The van der Waals surface area contributed by atoms with Crippen LogP contribution in [-0.2, 0) is 18.2 Å². The molecule has 0 saturated carbocycles. The topological polar surface area (TPSA) is 54.7 Å². The van der Waals surface area contributed by atoms with Gasteiger partial charge in [0.05, 0.1) is 19.3 Å². The molecule has 1 N–H and O–H groups in total. The number of rotatable bonds is 4. The molecule has 1 aromatic carbocycles. The molecule has 1 aromatic heterocycles. The van der Waals surface area contributed by atoms with Gasteiger partial charge in [-0.1, -0.05) is 23.8 Å². The van der Waals surface area contributed by atoms with Crippen LogP contribution in [0.2, 0.25) is 0 Å². The maximum absolute atomic E-state index is 5.93. The number of nitrogens with zero attached hydrogens (tertiary/aromatic N) is 4. The van der Waals surface area contributed by atoms with Crippen molar-refractivity contribution in [2.45, 2.75) is 26.4 Å². The van der Waals surface area contributed by atoms with E-state index in [0.717, 1.165) is 37.6 Å². The van der Waals surface area contributed by atoms with E-state index < -0.39 is 0 Å². The summed E-state index contributed by atoms with van der Waals surface area (Å²) < 4.78 is 7.74. The number of aromatic nitrogens is 2. The Morgan fingerprint density at radius 1 is 1.37 bits per heavy atom. The molecule has 1 aliphatic heterocycles. The summed E-state index contributed by atoms with van der Waals surface area (Å²) in [5.74, 6) is 0.937. The zero-order valence-corrected chi connectivity index (χ0v) is 18.9. The highest BCUT2D eigenvalue weighted by molar-refractivity contribution is 14.0. The van der Waals surface area contributed by atoms with E-state index in [1.165, 1.54) is 16.7 Å². The molecule has 7 heteroatoms. The molecule has 1 aliphatic rings. The van der Waals surface area contributed by atoms with E-state index in [1.807, 2.05) is 31.2 Å². The summed E-state index contributed by atoms with van der Waals surface area (Å²) in [5, 5.41) is 7.76. The number of hydrogen-bond acceptors (Lipinski definition) is 3. The van der Waals surface area contributed by atoms with Crippen LogP contribution in [0.5, 0.6) is 0 Å². The third-order valence-corrected chi connectivity index (χ3v) is 4.85. The molecule has 2 heterocycles. The van der Waals surface area contributed by atoms with Crippen LogP contribution in [0, 0.1) is 13.8 Å². The molecule has 0 aliphatic carbocycles. The summed E-state index contributed by atoms with van der Waals surface area (Å²) in [6.07, 6.45) is 4.92. The Balaban J connectivity index is 0.00000261. The van der Waals surface area contributed by atoms with E-state index in [1.54, 1.807) is 0 Å². The number of benzene rings is 1. The van der Waals surface area contributed by atoms with Gasteiger partial charge >= 0.3 is 0 Å². The number of guanidine groups is 1. The summed E-state index contributed by atoms with van der Waals surface area (Å²) in [5.41, 5.74) is 5.16. The van der Waals surface area contributed by atoms with Crippen LogP contribution >= 0.6 is 24.0 Å². The smallest absolute Gasteiger partial charge is 0.193 e. The zero-order chi connectivity index (χ0) is 18.5. The molecule has 0 radical (unpaired) electrons. The Morgan fingerprint density at radius 2 is 2.19 bits per heavy atom. The van der Waals surface area contributed by atoms with E-state index in [0.29, 0.717) is 6.61 Å². The number of aliphatic imine (C=N–C) groups is 1. The van der Waals surface area contributed by atoms with Crippen LogP contribution < -0.4 is 5.32 Å².